The summed E-state index contributed by atoms with van der Waals surface area (Å²) in [4.78, 5) is 12.7. The van der Waals surface area contributed by atoms with Gasteiger partial charge in [-0.25, -0.2) is 13.1 Å². The summed E-state index contributed by atoms with van der Waals surface area (Å²) in [5.41, 5.74) is 0.239. The SMILES string of the molecule is COc1ccc(C(=O)NC(C)c2ccc(C)o2)cc1S(=O)(=O)NC1CCCCC1C. The van der Waals surface area contributed by atoms with Crippen molar-refractivity contribution in [3.8, 4) is 5.75 Å². The van der Waals surface area contributed by atoms with E-state index in [-0.39, 0.29) is 40.1 Å². The van der Waals surface area contributed by atoms with Gasteiger partial charge < -0.3 is 14.5 Å². The molecule has 1 fully saturated rings. The quantitative estimate of drug-likeness (QED) is 0.688. The molecule has 30 heavy (non-hydrogen) atoms. The summed E-state index contributed by atoms with van der Waals surface area (Å²) >= 11 is 0. The van der Waals surface area contributed by atoms with Crippen molar-refractivity contribution in [2.24, 2.45) is 5.92 Å². The molecule has 1 amide bonds. The minimum atomic E-state index is -3.84. The van der Waals surface area contributed by atoms with Gasteiger partial charge in [-0.3, -0.25) is 4.79 Å². The van der Waals surface area contributed by atoms with Crippen LogP contribution in [0.25, 0.3) is 0 Å². The van der Waals surface area contributed by atoms with E-state index in [1.54, 1.807) is 12.1 Å². The molecule has 1 aromatic heterocycles. The van der Waals surface area contributed by atoms with Gasteiger partial charge in [-0.2, -0.15) is 0 Å². The lowest BCUT2D eigenvalue weighted by Crippen LogP contribution is -2.41. The predicted molar refractivity (Wildman–Crippen MR) is 114 cm³/mol. The van der Waals surface area contributed by atoms with Crippen LogP contribution in [0.15, 0.2) is 39.6 Å². The van der Waals surface area contributed by atoms with E-state index < -0.39 is 10.0 Å². The van der Waals surface area contributed by atoms with Gasteiger partial charge in [0.15, 0.2) is 0 Å². The summed E-state index contributed by atoms with van der Waals surface area (Å²) in [7, 11) is -2.43. The highest BCUT2D eigenvalue weighted by molar-refractivity contribution is 7.89. The second-order valence-corrected chi connectivity index (χ2v) is 9.68. The molecule has 0 radical (unpaired) electrons. The number of ether oxygens (including phenoxy) is 1. The molecule has 7 nitrogen and oxygen atoms in total. The number of sulfonamides is 1. The summed E-state index contributed by atoms with van der Waals surface area (Å²) in [5.74, 6) is 1.48. The van der Waals surface area contributed by atoms with Gasteiger partial charge >= 0.3 is 0 Å². The number of rotatable bonds is 7. The van der Waals surface area contributed by atoms with Crippen LogP contribution in [-0.4, -0.2) is 27.5 Å². The Kier molecular flexibility index (Phi) is 6.88. The number of nitrogens with one attached hydrogen (secondary N) is 2. The molecule has 1 aliphatic carbocycles. The van der Waals surface area contributed by atoms with Crippen LogP contribution in [0.3, 0.4) is 0 Å². The number of carbonyl (C=O) groups excluding carboxylic acids is 1. The molecular formula is C22H30N2O5S. The van der Waals surface area contributed by atoms with Gasteiger partial charge in [0.2, 0.25) is 10.0 Å². The number of amides is 1. The first-order valence-corrected chi connectivity index (χ1v) is 11.8. The number of carbonyl (C=O) groups is 1. The maximum Gasteiger partial charge on any atom is 0.251 e. The third-order valence-corrected chi connectivity index (χ3v) is 7.18. The second kappa shape index (κ2) is 9.22. The summed E-state index contributed by atoms with van der Waals surface area (Å²) in [6.07, 6.45) is 3.92. The average molecular weight is 435 g/mol. The van der Waals surface area contributed by atoms with Crippen LogP contribution < -0.4 is 14.8 Å². The predicted octanol–water partition coefficient (Wildman–Crippen LogP) is 3.94. The highest BCUT2D eigenvalue weighted by Gasteiger charge is 2.29. The number of hydrogen-bond acceptors (Lipinski definition) is 5. The smallest absolute Gasteiger partial charge is 0.251 e. The number of benzene rings is 1. The Bertz CT molecular complexity index is 999. The third kappa shape index (κ3) is 5.05. The number of hydrogen-bond donors (Lipinski definition) is 2. The lowest BCUT2D eigenvalue weighted by Gasteiger charge is -2.29. The fourth-order valence-corrected chi connectivity index (χ4v) is 5.39. The Morgan fingerprint density at radius 3 is 2.57 bits per heavy atom. The summed E-state index contributed by atoms with van der Waals surface area (Å²) in [5, 5.41) is 2.84. The van der Waals surface area contributed by atoms with Crippen molar-refractivity contribution in [1.29, 1.82) is 0 Å². The summed E-state index contributed by atoms with van der Waals surface area (Å²) in [6.45, 7) is 5.70. The summed E-state index contributed by atoms with van der Waals surface area (Å²) < 4.78 is 39.9. The van der Waals surface area contributed by atoms with Crippen molar-refractivity contribution in [1.82, 2.24) is 10.0 Å². The van der Waals surface area contributed by atoms with Crippen LogP contribution in [0, 0.1) is 12.8 Å². The molecule has 2 N–H and O–H groups in total. The standard InChI is InChI=1S/C22H30N2O5S/c1-14-7-5-6-8-18(14)24-30(26,27)21-13-17(10-12-20(21)28-4)22(25)23-16(3)19-11-9-15(2)29-19/h9-14,16,18,24H,5-8H2,1-4H3,(H,23,25). The van der Waals surface area contributed by atoms with Crippen LogP contribution in [0.1, 0.15) is 67.5 Å². The highest BCUT2D eigenvalue weighted by atomic mass is 32.2. The Morgan fingerprint density at radius 1 is 1.20 bits per heavy atom. The topological polar surface area (TPSA) is 97.6 Å². The van der Waals surface area contributed by atoms with E-state index in [2.05, 4.69) is 17.0 Å². The third-order valence-electron chi connectivity index (χ3n) is 5.67. The molecule has 0 aliphatic heterocycles. The van der Waals surface area contributed by atoms with Gasteiger partial charge in [-0.05, 0) is 62.9 Å². The Hall–Kier alpha value is -2.32. The normalized spacial score (nSPS) is 20.5. The summed E-state index contributed by atoms with van der Waals surface area (Å²) in [6, 6.07) is 7.59. The average Bonchev–Trinajstić information content (AvgIpc) is 3.15. The van der Waals surface area contributed by atoms with Crippen molar-refractivity contribution < 1.29 is 22.4 Å². The van der Waals surface area contributed by atoms with Gasteiger partial charge in [-0.15, -0.1) is 0 Å². The van der Waals surface area contributed by atoms with Crippen molar-refractivity contribution in [3.63, 3.8) is 0 Å². The van der Waals surface area contributed by atoms with Gasteiger partial charge in [0.05, 0.1) is 13.2 Å². The first-order valence-electron chi connectivity index (χ1n) is 10.3. The zero-order chi connectivity index (χ0) is 21.9. The minimum absolute atomic E-state index is 0.0306. The Labute approximate surface area is 178 Å². The number of methoxy groups -OCH3 is 1. The zero-order valence-corrected chi connectivity index (χ0v) is 18.7. The van der Waals surface area contributed by atoms with E-state index in [0.717, 1.165) is 31.4 Å². The first kappa shape index (κ1) is 22.4. The van der Waals surface area contributed by atoms with Crippen LogP contribution in [0.4, 0.5) is 0 Å². The largest absolute Gasteiger partial charge is 0.495 e. The maximum atomic E-state index is 13.1. The van der Waals surface area contributed by atoms with Crippen molar-refractivity contribution in [3.05, 3.63) is 47.4 Å². The van der Waals surface area contributed by atoms with Gasteiger partial charge in [-0.1, -0.05) is 19.8 Å². The van der Waals surface area contributed by atoms with Crippen molar-refractivity contribution >= 4 is 15.9 Å². The van der Waals surface area contributed by atoms with E-state index in [1.807, 2.05) is 19.9 Å². The molecule has 1 aromatic carbocycles. The van der Waals surface area contributed by atoms with Crippen LogP contribution in [0.5, 0.6) is 5.75 Å². The van der Waals surface area contributed by atoms with Crippen LogP contribution in [-0.2, 0) is 10.0 Å². The fraction of sp³-hybridized carbons (Fsp3) is 0.500. The van der Waals surface area contributed by atoms with E-state index in [0.29, 0.717) is 5.76 Å². The molecule has 3 unspecified atom stereocenters. The lowest BCUT2D eigenvalue weighted by atomic mass is 9.87. The van der Waals surface area contributed by atoms with Gasteiger partial charge in [0, 0.05) is 11.6 Å². The van der Waals surface area contributed by atoms with Crippen LogP contribution in [0.2, 0.25) is 0 Å². The number of furan rings is 1. The first-order chi connectivity index (χ1) is 14.2. The molecule has 0 spiro atoms. The molecule has 2 aromatic rings. The molecule has 0 bridgehead atoms. The molecule has 8 heteroatoms. The molecule has 0 saturated heterocycles. The van der Waals surface area contributed by atoms with Gasteiger partial charge in [0.25, 0.3) is 5.91 Å². The maximum absolute atomic E-state index is 13.1. The number of aryl methyl sites for hydroxylation is 1. The Morgan fingerprint density at radius 2 is 1.93 bits per heavy atom. The fourth-order valence-electron chi connectivity index (χ4n) is 3.82. The van der Waals surface area contributed by atoms with E-state index in [4.69, 9.17) is 9.15 Å². The minimum Gasteiger partial charge on any atom is -0.495 e. The van der Waals surface area contributed by atoms with Crippen molar-refractivity contribution in [2.45, 2.75) is 63.4 Å². The van der Waals surface area contributed by atoms with E-state index in [9.17, 15) is 13.2 Å². The lowest BCUT2D eigenvalue weighted by molar-refractivity contribution is 0.0935. The molecule has 1 saturated carbocycles. The molecule has 3 rings (SSSR count). The van der Waals surface area contributed by atoms with Crippen LogP contribution >= 0.6 is 0 Å². The van der Waals surface area contributed by atoms with Gasteiger partial charge in [0.1, 0.15) is 22.2 Å². The monoisotopic (exact) mass is 434 g/mol. The zero-order valence-electron chi connectivity index (χ0n) is 17.9. The molecule has 1 aliphatic rings. The Balaban J connectivity index is 1.82. The van der Waals surface area contributed by atoms with E-state index >= 15 is 0 Å². The molecule has 1 heterocycles. The van der Waals surface area contributed by atoms with Crippen molar-refractivity contribution in [2.75, 3.05) is 7.11 Å². The molecular weight excluding hydrogens is 404 g/mol. The molecule has 164 valence electrons. The van der Waals surface area contributed by atoms with E-state index in [1.165, 1.54) is 19.2 Å². The second-order valence-electron chi connectivity index (χ2n) is 8.00. The molecule has 3 atom stereocenters. The highest BCUT2D eigenvalue weighted by Crippen LogP contribution is 2.29.